The average molecular weight is 557 g/mol. The topological polar surface area (TPSA) is 173 Å². The molecular formula is C26H28N4O8S. The Labute approximate surface area is 225 Å². The first-order valence-corrected chi connectivity index (χ1v) is 13.2. The standard InChI is InChI=1S/C26H28N4O8S/c1-37-22-9-6-17(14-23(22)38-2)10-11-27-24(32)18-4-3-5-20(15-18)39(35,36)30-25(33)19-7-8-21(29-16-19)26(34)28-12-13-31/h3-9,14-16,31H,10-13H2,1-2H3,(H,27,32)(H,28,34)(H,30,33). The number of ether oxygens (including phenoxy) is 2. The number of nitrogens with one attached hydrogen (secondary N) is 3. The molecule has 4 N–H and O–H groups in total. The van der Waals surface area contributed by atoms with Crippen molar-refractivity contribution < 1.29 is 37.4 Å². The van der Waals surface area contributed by atoms with Crippen LogP contribution in [-0.4, -0.2) is 70.1 Å². The van der Waals surface area contributed by atoms with Crippen LogP contribution in [0.25, 0.3) is 0 Å². The van der Waals surface area contributed by atoms with Gasteiger partial charge in [0.1, 0.15) is 5.69 Å². The van der Waals surface area contributed by atoms with Crippen LogP contribution in [-0.2, 0) is 16.4 Å². The summed E-state index contributed by atoms with van der Waals surface area (Å²) in [5.41, 5.74) is 0.895. The molecule has 2 aromatic carbocycles. The number of carbonyl (C=O) groups is 3. The molecular weight excluding hydrogens is 528 g/mol. The maximum absolute atomic E-state index is 12.8. The summed E-state index contributed by atoms with van der Waals surface area (Å²) in [6.07, 6.45) is 1.55. The zero-order valence-electron chi connectivity index (χ0n) is 21.3. The summed E-state index contributed by atoms with van der Waals surface area (Å²) in [6, 6.07) is 13.2. The van der Waals surface area contributed by atoms with Gasteiger partial charge in [-0.1, -0.05) is 12.1 Å². The molecule has 0 fully saturated rings. The van der Waals surface area contributed by atoms with Crippen molar-refractivity contribution >= 4 is 27.7 Å². The predicted molar refractivity (Wildman–Crippen MR) is 140 cm³/mol. The maximum atomic E-state index is 12.8. The highest BCUT2D eigenvalue weighted by molar-refractivity contribution is 7.90. The average Bonchev–Trinajstić information content (AvgIpc) is 2.95. The van der Waals surface area contributed by atoms with E-state index < -0.39 is 27.7 Å². The van der Waals surface area contributed by atoms with Gasteiger partial charge in [-0.3, -0.25) is 19.4 Å². The third-order valence-electron chi connectivity index (χ3n) is 5.44. The number of pyridine rings is 1. The summed E-state index contributed by atoms with van der Waals surface area (Å²) in [5.74, 6) is -0.850. The molecule has 3 rings (SSSR count). The Morgan fingerprint density at radius 3 is 2.26 bits per heavy atom. The Balaban J connectivity index is 1.62. The molecule has 0 spiro atoms. The SMILES string of the molecule is COc1ccc(CCNC(=O)c2cccc(S(=O)(=O)NC(=O)c3ccc(C(=O)NCCO)nc3)c2)cc1OC. The predicted octanol–water partition coefficient (Wildman–Crippen LogP) is 0.912. The minimum atomic E-state index is -4.32. The van der Waals surface area contributed by atoms with Crippen LogP contribution in [0.5, 0.6) is 11.5 Å². The number of aliphatic hydroxyl groups is 1. The highest BCUT2D eigenvalue weighted by atomic mass is 32.2. The fourth-order valence-corrected chi connectivity index (χ4v) is 4.45. The molecule has 0 aliphatic rings. The van der Waals surface area contributed by atoms with E-state index in [0.29, 0.717) is 17.9 Å². The fraction of sp³-hybridized carbons (Fsp3) is 0.231. The molecule has 0 radical (unpaired) electrons. The molecule has 0 bridgehead atoms. The Hall–Kier alpha value is -4.49. The fourth-order valence-electron chi connectivity index (χ4n) is 3.43. The van der Waals surface area contributed by atoms with E-state index in [-0.39, 0.29) is 41.4 Å². The summed E-state index contributed by atoms with van der Waals surface area (Å²) in [5, 5.41) is 13.9. The minimum absolute atomic E-state index is 0.00676. The molecule has 1 heterocycles. The lowest BCUT2D eigenvalue weighted by molar-refractivity contribution is 0.0934. The number of amides is 3. The summed E-state index contributed by atoms with van der Waals surface area (Å²) < 4.78 is 38.0. The van der Waals surface area contributed by atoms with Crippen LogP contribution in [0.1, 0.15) is 36.8 Å². The van der Waals surface area contributed by atoms with Gasteiger partial charge in [-0.15, -0.1) is 0 Å². The van der Waals surface area contributed by atoms with Gasteiger partial charge in [-0.25, -0.2) is 13.1 Å². The normalized spacial score (nSPS) is 10.8. The van der Waals surface area contributed by atoms with Crippen molar-refractivity contribution in [3.63, 3.8) is 0 Å². The Bertz CT molecular complexity index is 1440. The Morgan fingerprint density at radius 1 is 0.846 bits per heavy atom. The Morgan fingerprint density at radius 2 is 1.59 bits per heavy atom. The summed E-state index contributed by atoms with van der Waals surface area (Å²) in [6.45, 7) is 0.0747. The number of carbonyl (C=O) groups excluding carboxylic acids is 3. The number of methoxy groups -OCH3 is 2. The molecule has 0 aliphatic heterocycles. The second kappa shape index (κ2) is 13.3. The number of benzene rings is 2. The van der Waals surface area contributed by atoms with Crippen LogP contribution in [0.3, 0.4) is 0 Å². The number of hydrogen-bond acceptors (Lipinski definition) is 9. The molecule has 0 saturated carbocycles. The number of hydrogen-bond donors (Lipinski definition) is 4. The molecule has 3 aromatic rings. The molecule has 3 amide bonds. The second-order valence-corrected chi connectivity index (χ2v) is 9.75. The van der Waals surface area contributed by atoms with Crippen molar-refractivity contribution in [1.82, 2.24) is 20.3 Å². The zero-order chi connectivity index (χ0) is 28.4. The molecule has 0 aliphatic carbocycles. The highest BCUT2D eigenvalue weighted by Crippen LogP contribution is 2.27. The molecule has 0 atom stereocenters. The number of aliphatic hydroxyl groups excluding tert-OH is 1. The number of sulfonamides is 1. The highest BCUT2D eigenvalue weighted by Gasteiger charge is 2.21. The first-order chi connectivity index (χ1) is 18.7. The van der Waals surface area contributed by atoms with Crippen LogP contribution in [0.2, 0.25) is 0 Å². The minimum Gasteiger partial charge on any atom is -0.493 e. The molecule has 12 nitrogen and oxygen atoms in total. The van der Waals surface area contributed by atoms with Crippen molar-refractivity contribution in [2.75, 3.05) is 33.9 Å². The van der Waals surface area contributed by atoms with Crippen LogP contribution in [0.15, 0.2) is 65.7 Å². The zero-order valence-corrected chi connectivity index (χ0v) is 22.1. The second-order valence-electron chi connectivity index (χ2n) is 8.07. The van der Waals surface area contributed by atoms with Crippen LogP contribution < -0.4 is 24.8 Å². The van der Waals surface area contributed by atoms with Gasteiger partial charge >= 0.3 is 0 Å². The van der Waals surface area contributed by atoms with Crippen LogP contribution >= 0.6 is 0 Å². The first-order valence-electron chi connectivity index (χ1n) is 11.7. The van der Waals surface area contributed by atoms with E-state index in [4.69, 9.17) is 14.6 Å². The van der Waals surface area contributed by atoms with E-state index in [1.807, 2.05) is 10.8 Å². The number of aromatic nitrogens is 1. The molecule has 0 unspecified atom stereocenters. The van der Waals surface area contributed by atoms with Crippen molar-refractivity contribution in [3.05, 3.63) is 83.2 Å². The first kappa shape index (κ1) is 29.1. The smallest absolute Gasteiger partial charge is 0.269 e. The number of rotatable bonds is 12. The van der Waals surface area contributed by atoms with Crippen molar-refractivity contribution in [3.8, 4) is 11.5 Å². The monoisotopic (exact) mass is 556 g/mol. The van der Waals surface area contributed by atoms with Gasteiger partial charge in [0, 0.05) is 24.8 Å². The van der Waals surface area contributed by atoms with Gasteiger partial charge in [0.25, 0.3) is 27.7 Å². The van der Waals surface area contributed by atoms with Crippen molar-refractivity contribution in [2.45, 2.75) is 11.3 Å². The van der Waals surface area contributed by atoms with E-state index in [2.05, 4.69) is 15.6 Å². The lowest BCUT2D eigenvalue weighted by atomic mass is 10.1. The molecule has 39 heavy (non-hydrogen) atoms. The lowest BCUT2D eigenvalue weighted by Crippen LogP contribution is -2.31. The molecule has 206 valence electrons. The van der Waals surface area contributed by atoms with Gasteiger partial charge in [0.15, 0.2) is 11.5 Å². The van der Waals surface area contributed by atoms with Crippen molar-refractivity contribution in [1.29, 1.82) is 0 Å². The van der Waals surface area contributed by atoms with Gasteiger partial charge in [-0.2, -0.15) is 0 Å². The molecule has 0 saturated heterocycles. The van der Waals surface area contributed by atoms with Gasteiger partial charge in [0.05, 0.1) is 31.3 Å². The third kappa shape index (κ3) is 7.75. The van der Waals surface area contributed by atoms with Crippen LogP contribution in [0, 0.1) is 0 Å². The maximum Gasteiger partial charge on any atom is 0.269 e. The van der Waals surface area contributed by atoms with Gasteiger partial charge in [0.2, 0.25) is 0 Å². The summed E-state index contributed by atoms with van der Waals surface area (Å²) >= 11 is 0. The molecule has 1 aromatic heterocycles. The number of nitrogens with zero attached hydrogens (tertiary/aromatic N) is 1. The lowest BCUT2D eigenvalue weighted by Gasteiger charge is -2.11. The van der Waals surface area contributed by atoms with Crippen LogP contribution in [0.4, 0.5) is 0 Å². The van der Waals surface area contributed by atoms with E-state index in [9.17, 15) is 22.8 Å². The third-order valence-corrected chi connectivity index (χ3v) is 6.77. The summed E-state index contributed by atoms with van der Waals surface area (Å²) in [7, 11) is -1.25. The van der Waals surface area contributed by atoms with Gasteiger partial charge < -0.3 is 25.2 Å². The van der Waals surface area contributed by atoms with Crippen molar-refractivity contribution in [2.24, 2.45) is 0 Å². The van der Waals surface area contributed by atoms with E-state index in [1.54, 1.807) is 12.1 Å². The quantitative estimate of drug-likeness (QED) is 0.253. The van der Waals surface area contributed by atoms with E-state index >= 15 is 0 Å². The largest absolute Gasteiger partial charge is 0.493 e. The summed E-state index contributed by atoms with van der Waals surface area (Å²) in [4.78, 5) is 40.6. The van der Waals surface area contributed by atoms with Gasteiger partial charge in [-0.05, 0) is 54.4 Å². The van der Waals surface area contributed by atoms with E-state index in [1.165, 1.54) is 44.6 Å². The van der Waals surface area contributed by atoms with E-state index in [0.717, 1.165) is 17.8 Å². The Kier molecular flexibility index (Phi) is 9.95. The molecule has 13 heteroatoms.